The Labute approximate surface area is 252 Å². The number of hydrogen-bond donors (Lipinski definition) is 2. The minimum Gasteiger partial charge on any atom is -0.385 e. The summed E-state index contributed by atoms with van der Waals surface area (Å²) in [5, 5.41) is 7.22. The number of anilines is 3. The Morgan fingerprint density at radius 1 is 0.476 bits per heavy atom. The van der Waals surface area contributed by atoms with E-state index in [0.717, 1.165) is 38.8 Å². The van der Waals surface area contributed by atoms with Crippen LogP contribution in [-0.4, -0.2) is 27.2 Å². The summed E-state index contributed by atoms with van der Waals surface area (Å²) in [7, 11) is 4.17. The molecule has 42 heavy (non-hydrogen) atoms. The van der Waals surface area contributed by atoms with Crippen LogP contribution in [0.2, 0.25) is 0 Å². The molecule has 0 aliphatic carbocycles. The number of nitrogens with zero attached hydrogens (tertiary/aromatic N) is 1. The first kappa shape index (κ1) is 29.0. The smallest absolute Gasteiger partial charge is 0.0361 e. The van der Waals surface area contributed by atoms with Crippen molar-refractivity contribution < 1.29 is 0 Å². The number of aryl methyl sites for hydroxylation is 2. The molecule has 5 aromatic rings. The lowest BCUT2D eigenvalue weighted by molar-refractivity contribution is 0.862. The predicted octanol–water partition coefficient (Wildman–Crippen LogP) is 9.02. The van der Waals surface area contributed by atoms with Crippen molar-refractivity contribution in [1.82, 2.24) is 0 Å². The second-order valence-electron chi connectivity index (χ2n) is 11.2. The van der Waals surface area contributed by atoms with Crippen LogP contribution in [0.1, 0.15) is 46.6 Å². The van der Waals surface area contributed by atoms with Gasteiger partial charge in [-0.05, 0) is 89.9 Å². The summed E-state index contributed by atoms with van der Waals surface area (Å²) in [5.74, 6) is 0.167. The molecule has 2 N–H and O–H groups in total. The molecular weight excluding hydrogens is 510 g/mol. The molecule has 0 bridgehead atoms. The third kappa shape index (κ3) is 8.27. The van der Waals surface area contributed by atoms with E-state index in [1.54, 1.807) is 0 Å². The fourth-order valence-corrected chi connectivity index (χ4v) is 5.47. The molecule has 0 aromatic heterocycles. The van der Waals surface area contributed by atoms with Gasteiger partial charge in [0.25, 0.3) is 0 Å². The Bertz CT molecular complexity index is 1370. The quantitative estimate of drug-likeness (QED) is 0.106. The van der Waals surface area contributed by atoms with E-state index < -0.39 is 0 Å². The third-order valence-electron chi connectivity index (χ3n) is 7.86. The van der Waals surface area contributed by atoms with Crippen LogP contribution in [0.5, 0.6) is 0 Å². The van der Waals surface area contributed by atoms with Gasteiger partial charge < -0.3 is 15.5 Å². The zero-order valence-electron chi connectivity index (χ0n) is 25.0. The van der Waals surface area contributed by atoms with Gasteiger partial charge in [-0.3, -0.25) is 0 Å². The minimum atomic E-state index is 0.167. The maximum atomic E-state index is 3.61. The van der Waals surface area contributed by atoms with Gasteiger partial charge >= 0.3 is 0 Å². The monoisotopic (exact) mass is 553 g/mol. The van der Waals surface area contributed by atoms with Crippen LogP contribution >= 0.6 is 0 Å². The van der Waals surface area contributed by atoms with Crippen molar-refractivity contribution in [2.45, 2.75) is 31.6 Å². The largest absolute Gasteiger partial charge is 0.385 e. The molecule has 0 spiro atoms. The average molecular weight is 554 g/mol. The number of nitrogens with one attached hydrogen (secondary N) is 2. The highest BCUT2D eigenvalue weighted by atomic mass is 15.1. The fraction of sp³-hybridized carbons (Fsp3) is 0.231. The molecule has 0 aliphatic rings. The molecule has 3 nitrogen and oxygen atoms in total. The van der Waals surface area contributed by atoms with Crippen LogP contribution in [-0.2, 0) is 12.8 Å². The molecule has 5 rings (SSSR count). The van der Waals surface area contributed by atoms with Gasteiger partial charge in [0.05, 0.1) is 0 Å². The molecule has 0 atom stereocenters. The van der Waals surface area contributed by atoms with E-state index >= 15 is 0 Å². The van der Waals surface area contributed by atoms with Crippen molar-refractivity contribution in [3.8, 4) is 0 Å². The predicted molar refractivity (Wildman–Crippen MR) is 181 cm³/mol. The molecule has 0 unspecified atom stereocenters. The van der Waals surface area contributed by atoms with Crippen molar-refractivity contribution in [2.24, 2.45) is 0 Å². The second-order valence-corrected chi connectivity index (χ2v) is 11.2. The van der Waals surface area contributed by atoms with Gasteiger partial charge in [-0.15, -0.1) is 0 Å². The van der Waals surface area contributed by atoms with E-state index in [2.05, 4.69) is 163 Å². The molecule has 5 aromatic carbocycles. The Morgan fingerprint density at radius 2 is 0.857 bits per heavy atom. The van der Waals surface area contributed by atoms with Gasteiger partial charge in [0.1, 0.15) is 0 Å². The molecule has 214 valence electrons. The zero-order valence-corrected chi connectivity index (χ0v) is 25.0. The van der Waals surface area contributed by atoms with Crippen LogP contribution in [0.3, 0.4) is 0 Å². The lowest BCUT2D eigenvalue weighted by atomic mass is 9.85. The van der Waals surface area contributed by atoms with Gasteiger partial charge in [0, 0.05) is 50.2 Å². The standard InChI is InChI=1S/C39H43N3/c1-42(2)38-27-21-35(22-28-38)39(33-17-23-36(24-18-33)40-29-9-15-31-11-5-3-6-12-31)34-19-25-37(26-20-34)41-30-10-16-32-13-7-4-8-14-32/h3-8,11-14,17-28,39-41H,9-10,15-16,29-30H2,1-2H3. The van der Waals surface area contributed by atoms with Gasteiger partial charge in [0.2, 0.25) is 0 Å². The molecule has 0 saturated carbocycles. The Balaban J connectivity index is 1.25. The third-order valence-corrected chi connectivity index (χ3v) is 7.86. The van der Waals surface area contributed by atoms with Crippen LogP contribution < -0.4 is 15.5 Å². The summed E-state index contributed by atoms with van der Waals surface area (Å²) in [4.78, 5) is 2.15. The summed E-state index contributed by atoms with van der Waals surface area (Å²) in [6, 6.07) is 48.4. The summed E-state index contributed by atoms with van der Waals surface area (Å²) >= 11 is 0. The highest BCUT2D eigenvalue weighted by Crippen LogP contribution is 2.34. The fourth-order valence-electron chi connectivity index (χ4n) is 5.47. The molecule has 0 fully saturated rings. The molecule has 3 heteroatoms. The first-order valence-electron chi connectivity index (χ1n) is 15.2. The van der Waals surface area contributed by atoms with E-state index in [1.807, 2.05) is 0 Å². The summed E-state index contributed by atoms with van der Waals surface area (Å²) < 4.78 is 0. The number of rotatable bonds is 14. The van der Waals surface area contributed by atoms with E-state index in [1.165, 1.54) is 44.9 Å². The van der Waals surface area contributed by atoms with Crippen molar-refractivity contribution in [3.63, 3.8) is 0 Å². The van der Waals surface area contributed by atoms with E-state index in [9.17, 15) is 0 Å². The summed E-state index contributed by atoms with van der Waals surface area (Å²) in [6.45, 7) is 1.92. The Kier molecular flexibility index (Phi) is 10.3. The van der Waals surface area contributed by atoms with Crippen molar-refractivity contribution in [2.75, 3.05) is 42.7 Å². The van der Waals surface area contributed by atoms with Gasteiger partial charge in [0.15, 0.2) is 0 Å². The van der Waals surface area contributed by atoms with Crippen molar-refractivity contribution >= 4 is 17.1 Å². The summed E-state index contributed by atoms with van der Waals surface area (Å²) in [5.41, 5.74) is 10.2. The SMILES string of the molecule is CN(C)c1ccc(C(c2ccc(NCCCc3ccccc3)cc2)c2ccc(NCCCc3ccccc3)cc2)cc1. The topological polar surface area (TPSA) is 27.3 Å². The van der Waals surface area contributed by atoms with Crippen LogP contribution in [0.4, 0.5) is 17.1 Å². The van der Waals surface area contributed by atoms with Gasteiger partial charge in [-0.25, -0.2) is 0 Å². The highest BCUT2D eigenvalue weighted by Gasteiger charge is 2.17. The summed E-state index contributed by atoms with van der Waals surface area (Å²) in [6.07, 6.45) is 4.40. The minimum absolute atomic E-state index is 0.167. The zero-order chi connectivity index (χ0) is 29.0. The normalized spacial score (nSPS) is 10.9. The highest BCUT2D eigenvalue weighted by molar-refractivity contribution is 5.54. The Hall–Kier alpha value is -4.50. The van der Waals surface area contributed by atoms with Crippen LogP contribution in [0, 0.1) is 0 Å². The Morgan fingerprint density at radius 3 is 1.24 bits per heavy atom. The van der Waals surface area contributed by atoms with Gasteiger partial charge in [-0.1, -0.05) is 97.1 Å². The maximum Gasteiger partial charge on any atom is 0.0361 e. The second kappa shape index (κ2) is 14.9. The van der Waals surface area contributed by atoms with Crippen LogP contribution in [0.15, 0.2) is 133 Å². The van der Waals surface area contributed by atoms with E-state index in [0.29, 0.717) is 0 Å². The molecule has 0 aliphatic heterocycles. The first-order valence-corrected chi connectivity index (χ1v) is 15.2. The van der Waals surface area contributed by atoms with Gasteiger partial charge in [-0.2, -0.15) is 0 Å². The molecule has 0 heterocycles. The van der Waals surface area contributed by atoms with Crippen molar-refractivity contribution in [3.05, 3.63) is 161 Å². The average Bonchev–Trinajstić information content (AvgIpc) is 3.04. The van der Waals surface area contributed by atoms with Crippen LogP contribution in [0.25, 0.3) is 0 Å². The number of hydrogen-bond acceptors (Lipinski definition) is 3. The molecule has 0 saturated heterocycles. The van der Waals surface area contributed by atoms with E-state index in [-0.39, 0.29) is 5.92 Å². The lowest BCUT2D eigenvalue weighted by Crippen LogP contribution is -2.09. The molecule has 0 radical (unpaired) electrons. The molecule has 0 amide bonds. The first-order chi connectivity index (χ1) is 20.7. The lowest BCUT2D eigenvalue weighted by Gasteiger charge is -2.21. The number of benzene rings is 5. The van der Waals surface area contributed by atoms with Crippen molar-refractivity contribution in [1.29, 1.82) is 0 Å². The van der Waals surface area contributed by atoms with E-state index in [4.69, 9.17) is 0 Å². The maximum absolute atomic E-state index is 3.61. The molecular formula is C39H43N3.